The number of hydrogen-bond donors (Lipinski definition) is 1. The molecular weight excluding hydrogens is 629 g/mol. The van der Waals surface area contributed by atoms with Crippen molar-refractivity contribution in [2.75, 3.05) is 10.6 Å². The highest BCUT2D eigenvalue weighted by Gasteiger charge is 2.25. The topological polar surface area (TPSA) is 29.3 Å². The maximum atomic E-state index is 6.56. The van der Waals surface area contributed by atoms with Gasteiger partial charge in [0, 0.05) is 33.2 Å². The number of benzene rings is 9. The van der Waals surface area contributed by atoms with Gasteiger partial charge in [0.15, 0.2) is 0 Å². The van der Waals surface area contributed by atoms with E-state index < -0.39 is 0 Å². The molecule has 0 aliphatic carbocycles. The van der Waals surface area contributed by atoms with Crippen molar-refractivity contribution >= 4 is 76.6 Å². The molecule has 0 aromatic heterocycles. The minimum absolute atomic E-state index is 0.0607. The second-order valence-corrected chi connectivity index (χ2v) is 16.4. The Morgan fingerprint density at radius 3 is 1.33 bits per heavy atom. The van der Waals surface area contributed by atoms with Gasteiger partial charge in [-0.1, -0.05) is 157 Å². The van der Waals surface area contributed by atoms with Crippen molar-refractivity contribution in [1.29, 1.82) is 0 Å². The van der Waals surface area contributed by atoms with Crippen LogP contribution in [0.2, 0.25) is 0 Å². The molecule has 2 heteroatoms. The first kappa shape index (κ1) is 32.1. The average molecular weight is 673 g/mol. The van der Waals surface area contributed by atoms with Crippen LogP contribution in [0.15, 0.2) is 146 Å². The van der Waals surface area contributed by atoms with Crippen molar-refractivity contribution in [2.45, 2.75) is 52.4 Å². The quantitative estimate of drug-likeness (QED) is 0.115. The smallest absolute Gasteiger partial charge is 0.0618 e. The molecule has 0 spiro atoms. The molecule has 2 N–H and O–H groups in total. The Labute approximate surface area is 306 Å². The third-order valence-corrected chi connectivity index (χ3v) is 11.1. The van der Waals surface area contributed by atoms with Crippen molar-refractivity contribution in [1.82, 2.24) is 0 Å². The zero-order valence-electron chi connectivity index (χ0n) is 30.9. The zero-order valence-corrected chi connectivity index (χ0v) is 30.9. The van der Waals surface area contributed by atoms with Gasteiger partial charge >= 0.3 is 0 Å². The predicted octanol–water partition coefficient (Wildman–Crippen LogP) is 14.2. The summed E-state index contributed by atoms with van der Waals surface area (Å²) in [5.74, 6) is 0. The summed E-state index contributed by atoms with van der Waals surface area (Å²) in [4.78, 5) is 2.47. The number of hydrogen-bond acceptors (Lipinski definition) is 2. The Balaban J connectivity index is 1.37. The summed E-state index contributed by atoms with van der Waals surface area (Å²) < 4.78 is 0. The van der Waals surface area contributed by atoms with Crippen molar-refractivity contribution < 1.29 is 0 Å². The summed E-state index contributed by atoms with van der Waals surface area (Å²) in [6, 6.07) is 54.1. The Kier molecular flexibility index (Phi) is 7.14. The monoisotopic (exact) mass is 672 g/mol. The summed E-state index contributed by atoms with van der Waals surface area (Å²) in [6.07, 6.45) is 0. The van der Waals surface area contributed by atoms with Gasteiger partial charge in [0.2, 0.25) is 0 Å². The highest BCUT2D eigenvalue weighted by Crippen LogP contribution is 2.50. The van der Waals surface area contributed by atoms with E-state index in [9.17, 15) is 0 Å². The van der Waals surface area contributed by atoms with Crippen molar-refractivity contribution in [3.63, 3.8) is 0 Å². The van der Waals surface area contributed by atoms with Gasteiger partial charge in [0.05, 0.1) is 5.69 Å². The fourth-order valence-electron chi connectivity index (χ4n) is 8.31. The minimum Gasteiger partial charge on any atom is -0.398 e. The normalized spacial score (nSPS) is 12.5. The van der Waals surface area contributed by atoms with Crippen LogP contribution in [0.4, 0.5) is 22.7 Å². The summed E-state index contributed by atoms with van der Waals surface area (Å²) >= 11 is 0. The minimum atomic E-state index is 0.0607. The largest absolute Gasteiger partial charge is 0.398 e. The summed E-state index contributed by atoms with van der Waals surface area (Å²) in [5, 5.41) is 12.2. The average Bonchev–Trinajstić information content (AvgIpc) is 3.14. The summed E-state index contributed by atoms with van der Waals surface area (Å²) in [7, 11) is 0. The molecule has 52 heavy (non-hydrogen) atoms. The van der Waals surface area contributed by atoms with Crippen LogP contribution in [-0.4, -0.2) is 0 Å². The third kappa shape index (κ3) is 5.00. The lowest BCUT2D eigenvalue weighted by molar-refractivity contribution is 0.590. The molecule has 9 aromatic rings. The van der Waals surface area contributed by atoms with Crippen LogP contribution >= 0.6 is 0 Å². The maximum absolute atomic E-state index is 6.56. The van der Waals surface area contributed by atoms with Gasteiger partial charge in [-0.05, 0) is 101 Å². The maximum Gasteiger partial charge on any atom is 0.0618 e. The molecule has 0 aliphatic rings. The fourth-order valence-corrected chi connectivity index (χ4v) is 8.31. The molecule has 0 unspecified atom stereocenters. The van der Waals surface area contributed by atoms with E-state index in [1.54, 1.807) is 0 Å². The second-order valence-electron chi connectivity index (χ2n) is 16.4. The van der Waals surface area contributed by atoms with E-state index in [2.05, 4.69) is 186 Å². The Hall–Kier alpha value is -5.86. The SMILES string of the molecule is CC(C)(C)c1ccc(N(c2ccc(C(C)(C)C)cc2)c2c3ccccc3c(-c3ccc4ccc5ccc(N)c6ccc3c4c56)c3ccccc23)cc1. The molecular formula is C50H44N2. The molecule has 0 saturated carbocycles. The molecule has 0 amide bonds. The van der Waals surface area contributed by atoms with Gasteiger partial charge in [-0.3, -0.25) is 0 Å². The molecule has 9 rings (SSSR count). The van der Waals surface area contributed by atoms with E-state index in [0.29, 0.717) is 0 Å². The Bertz CT molecular complexity index is 2680. The molecule has 0 atom stereocenters. The van der Waals surface area contributed by atoms with Crippen molar-refractivity contribution in [3.8, 4) is 11.1 Å². The predicted molar refractivity (Wildman–Crippen MR) is 227 cm³/mol. The van der Waals surface area contributed by atoms with Gasteiger partial charge in [0.25, 0.3) is 0 Å². The van der Waals surface area contributed by atoms with Crippen molar-refractivity contribution in [2.24, 2.45) is 0 Å². The molecule has 0 aliphatic heterocycles. The number of fused-ring (bicyclic) bond motifs is 2. The van der Waals surface area contributed by atoms with Crippen LogP contribution in [0.5, 0.6) is 0 Å². The Morgan fingerprint density at radius 1 is 0.404 bits per heavy atom. The first-order chi connectivity index (χ1) is 25.0. The second kappa shape index (κ2) is 11.6. The van der Waals surface area contributed by atoms with Crippen LogP contribution in [0.1, 0.15) is 52.7 Å². The van der Waals surface area contributed by atoms with E-state index in [1.165, 1.54) is 76.4 Å². The van der Waals surface area contributed by atoms with Crippen molar-refractivity contribution in [3.05, 3.63) is 157 Å². The van der Waals surface area contributed by atoms with E-state index >= 15 is 0 Å². The van der Waals surface area contributed by atoms with Gasteiger partial charge < -0.3 is 10.6 Å². The molecule has 0 radical (unpaired) electrons. The van der Waals surface area contributed by atoms with Gasteiger partial charge in [-0.15, -0.1) is 0 Å². The molecule has 2 nitrogen and oxygen atoms in total. The lowest BCUT2D eigenvalue weighted by Gasteiger charge is -2.31. The molecule has 0 saturated heterocycles. The first-order valence-corrected chi connectivity index (χ1v) is 18.4. The van der Waals surface area contributed by atoms with E-state index in [0.717, 1.165) is 22.4 Å². The van der Waals surface area contributed by atoms with E-state index in [1.807, 2.05) is 6.07 Å². The van der Waals surface area contributed by atoms with Gasteiger partial charge in [0.1, 0.15) is 0 Å². The molecule has 0 heterocycles. The summed E-state index contributed by atoms with van der Waals surface area (Å²) in [5.41, 5.74) is 16.1. The van der Waals surface area contributed by atoms with E-state index in [-0.39, 0.29) is 10.8 Å². The van der Waals surface area contributed by atoms with Gasteiger partial charge in [-0.25, -0.2) is 0 Å². The highest BCUT2D eigenvalue weighted by atomic mass is 15.1. The van der Waals surface area contributed by atoms with Crippen LogP contribution in [0.25, 0.3) is 65.0 Å². The highest BCUT2D eigenvalue weighted by molar-refractivity contribution is 6.30. The fraction of sp³-hybridized carbons (Fsp3) is 0.160. The molecule has 254 valence electrons. The van der Waals surface area contributed by atoms with Crippen LogP contribution in [0.3, 0.4) is 0 Å². The van der Waals surface area contributed by atoms with Gasteiger partial charge in [-0.2, -0.15) is 0 Å². The van der Waals surface area contributed by atoms with Crippen LogP contribution in [0, 0.1) is 0 Å². The first-order valence-electron chi connectivity index (χ1n) is 18.4. The number of nitrogen functional groups attached to an aromatic ring is 1. The van der Waals surface area contributed by atoms with E-state index in [4.69, 9.17) is 5.73 Å². The molecule has 9 aromatic carbocycles. The van der Waals surface area contributed by atoms with Crippen LogP contribution < -0.4 is 10.6 Å². The third-order valence-electron chi connectivity index (χ3n) is 11.1. The zero-order chi connectivity index (χ0) is 35.9. The number of nitrogens with zero attached hydrogens (tertiary/aromatic N) is 1. The molecule has 0 bridgehead atoms. The lowest BCUT2D eigenvalue weighted by Crippen LogP contribution is -2.15. The number of anilines is 4. The summed E-state index contributed by atoms with van der Waals surface area (Å²) in [6.45, 7) is 13.7. The molecule has 0 fully saturated rings. The number of nitrogens with two attached hydrogens (primary N) is 1. The number of rotatable bonds is 4. The Morgan fingerprint density at radius 2 is 0.827 bits per heavy atom. The standard InChI is InChI=1S/C50H44N2/c1-49(2,3)33-19-23-35(24-20-33)52(36-25-21-34(22-26-36)50(4,5)6)48-41-13-9-7-11-37(41)47(38-12-8-10-14-42(38)48)40-27-17-31-15-16-32-18-30-44(51)43-29-28-39(40)45(31)46(32)43/h7-30H,51H2,1-6H3. The van der Waals surface area contributed by atoms with Crippen LogP contribution in [-0.2, 0) is 10.8 Å². The lowest BCUT2D eigenvalue weighted by atomic mass is 9.85.